The molecule has 0 rings (SSSR count). The first-order chi connectivity index (χ1) is 46.9. The second-order valence-corrected chi connectivity index (χ2v) is 31.7. The summed E-state index contributed by atoms with van der Waals surface area (Å²) in [6.07, 6.45) is 58.0. The van der Waals surface area contributed by atoms with Gasteiger partial charge < -0.3 is 33.8 Å². The van der Waals surface area contributed by atoms with Crippen LogP contribution in [0.3, 0.4) is 0 Å². The Balaban J connectivity index is 5.26. The Bertz CT molecular complexity index is 1870. The maximum atomic E-state index is 13.1. The van der Waals surface area contributed by atoms with Crippen molar-refractivity contribution in [2.24, 2.45) is 11.8 Å². The summed E-state index contributed by atoms with van der Waals surface area (Å²) in [5.74, 6) is -0.493. The summed E-state index contributed by atoms with van der Waals surface area (Å²) < 4.78 is 68.6. The van der Waals surface area contributed by atoms with Gasteiger partial charge in [0.2, 0.25) is 0 Å². The number of ether oxygens (including phenoxy) is 4. The van der Waals surface area contributed by atoms with Crippen LogP contribution >= 0.6 is 15.6 Å². The van der Waals surface area contributed by atoms with Crippen LogP contribution < -0.4 is 0 Å². The first-order valence-corrected chi connectivity index (χ1v) is 43.5. The maximum Gasteiger partial charge on any atom is 0.472 e. The van der Waals surface area contributed by atoms with Crippen LogP contribution in [-0.2, 0) is 65.4 Å². The molecule has 0 saturated heterocycles. The summed E-state index contributed by atoms with van der Waals surface area (Å²) in [5, 5.41) is 10.6. The number of esters is 4. The molecule has 3 N–H and O–H groups in total. The molecule has 6 atom stereocenters. The average Bonchev–Trinajstić information content (AvgIpc) is 1.20. The van der Waals surface area contributed by atoms with E-state index < -0.39 is 97.5 Å². The molecule has 576 valence electrons. The molecule has 0 bridgehead atoms. The van der Waals surface area contributed by atoms with Gasteiger partial charge in [0.25, 0.3) is 0 Å². The zero-order valence-electron chi connectivity index (χ0n) is 63.4. The Morgan fingerprint density at radius 2 is 0.526 bits per heavy atom. The lowest BCUT2D eigenvalue weighted by Gasteiger charge is -2.21. The van der Waals surface area contributed by atoms with Crippen LogP contribution in [0.25, 0.3) is 0 Å². The van der Waals surface area contributed by atoms with Gasteiger partial charge >= 0.3 is 39.5 Å². The van der Waals surface area contributed by atoms with E-state index >= 15 is 0 Å². The fourth-order valence-corrected chi connectivity index (χ4v) is 13.6. The normalized spacial score (nSPS) is 14.2. The van der Waals surface area contributed by atoms with Crippen LogP contribution in [0.2, 0.25) is 0 Å². The minimum Gasteiger partial charge on any atom is -0.462 e. The lowest BCUT2D eigenvalue weighted by atomic mass is 9.99. The maximum absolute atomic E-state index is 13.1. The molecule has 19 heteroatoms. The van der Waals surface area contributed by atoms with Crippen molar-refractivity contribution in [2.75, 3.05) is 39.6 Å². The molecule has 0 aromatic heterocycles. The molecule has 0 amide bonds. The highest BCUT2D eigenvalue weighted by molar-refractivity contribution is 7.47. The van der Waals surface area contributed by atoms with Crippen molar-refractivity contribution in [3.8, 4) is 0 Å². The fraction of sp³-hybridized carbons (Fsp3) is 0.949. The number of hydrogen-bond donors (Lipinski definition) is 3. The molecule has 0 aliphatic carbocycles. The molecule has 0 aromatic carbocycles. The van der Waals surface area contributed by atoms with Gasteiger partial charge in [-0.25, -0.2) is 9.13 Å². The van der Waals surface area contributed by atoms with Gasteiger partial charge in [0.1, 0.15) is 19.3 Å². The summed E-state index contributed by atoms with van der Waals surface area (Å²) in [5.41, 5.74) is 0. The molecule has 0 saturated carbocycles. The minimum absolute atomic E-state index is 0.108. The summed E-state index contributed by atoms with van der Waals surface area (Å²) in [6, 6.07) is 0. The summed E-state index contributed by atoms with van der Waals surface area (Å²) in [7, 11) is -9.91. The van der Waals surface area contributed by atoms with Crippen molar-refractivity contribution in [1.29, 1.82) is 0 Å². The quantitative estimate of drug-likeness (QED) is 0.0222. The third kappa shape index (κ3) is 70.9. The topological polar surface area (TPSA) is 237 Å². The fourth-order valence-electron chi connectivity index (χ4n) is 12.0. The number of aliphatic hydroxyl groups is 1. The number of hydrogen-bond acceptors (Lipinski definition) is 15. The minimum atomic E-state index is -4.96. The van der Waals surface area contributed by atoms with Gasteiger partial charge in [0.05, 0.1) is 26.4 Å². The van der Waals surface area contributed by atoms with Crippen LogP contribution in [0, 0.1) is 11.8 Å². The molecule has 17 nitrogen and oxygen atoms in total. The Morgan fingerprint density at radius 3 is 0.784 bits per heavy atom. The summed E-state index contributed by atoms with van der Waals surface area (Å²) in [4.78, 5) is 72.9. The van der Waals surface area contributed by atoms with E-state index in [1.165, 1.54) is 225 Å². The van der Waals surface area contributed by atoms with Gasteiger partial charge in [-0.05, 0) is 37.5 Å². The van der Waals surface area contributed by atoms with Gasteiger partial charge in [0, 0.05) is 25.7 Å². The molecule has 0 fully saturated rings. The molecular weight excluding hydrogens is 1270 g/mol. The smallest absolute Gasteiger partial charge is 0.462 e. The highest BCUT2D eigenvalue weighted by atomic mass is 31.2. The number of phosphoric acid groups is 2. The number of aliphatic hydroxyl groups excluding tert-OH is 1. The first-order valence-electron chi connectivity index (χ1n) is 40.5. The lowest BCUT2D eigenvalue weighted by Crippen LogP contribution is -2.30. The SMILES string of the molecule is CCCCCCCCCCCCCCCC(=O)O[C@H](COC(=O)CCCCCCCCCCCCCC)COP(=O)(O)OC[C@H](O)COP(=O)(O)OC[C@@H](COC(=O)CCCCCCCCCCCCCC(C)C)OC(=O)CCCCCCCCCCCCCCCCC(C)CC. The second kappa shape index (κ2) is 69.8. The highest BCUT2D eigenvalue weighted by Crippen LogP contribution is 2.45. The number of phosphoric ester groups is 2. The van der Waals surface area contributed by atoms with Crippen LogP contribution in [0.5, 0.6) is 0 Å². The van der Waals surface area contributed by atoms with Crippen LogP contribution in [0.4, 0.5) is 0 Å². The van der Waals surface area contributed by atoms with E-state index in [2.05, 4.69) is 41.5 Å². The first kappa shape index (κ1) is 95.1. The molecular formula is C78H152O17P2. The predicted octanol–water partition coefficient (Wildman–Crippen LogP) is 23.1. The molecule has 0 heterocycles. The largest absolute Gasteiger partial charge is 0.472 e. The molecule has 0 radical (unpaired) electrons. The second-order valence-electron chi connectivity index (χ2n) is 28.8. The van der Waals surface area contributed by atoms with Crippen molar-refractivity contribution in [1.82, 2.24) is 0 Å². The van der Waals surface area contributed by atoms with Crippen molar-refractivity contribution < 1.29 is 80.2 Å². The van der Waals surface area contributed by atoms with Gasteiger partial charge in [-0.15, -0.1) is 0 Å². The summed E-state index contributed by atoms with van der Waals surface area (Å²) in [6.45, 7) is 9.68. The average molecular weight is 1420 g/mol. The van der Waals surface area contributed by atoms with E-state index in [0.717, 1.165) is 102 Å². The van der Waals surface area contributed by atoms with Crippen molar-refractivity contribution in [2.45, 2.75) is 426 Å². The molecule has 0 aliphatic heterocycles. The third-order valence-electron chi connectivity index (χ3n) is 18.6. The van der Waals surface area contributed by atoms with E-state index in [-0.39, 0.29) is 25.7 Å². The van der Waals surface area contributed by atoms with Crippen molar-refractivity contribution in [3.05, 3.63) is 0 Å². The number of carbonyl (C=O) groups excluding carboxylic acids is 4. The molecule has 0 aromatic rings. The number of unbranched alkanes of at least 4 members (excludes halogenated alkanes) is 46. The van der Waals surface area contributed by atoms with Gasteiger partial charge in [0.15, 0.2) is 12.2 Å². The van der Waals surface area contributed by atoms with Crippen LogP contribution in [0.15, 0.2) is 0 Å². The molecule has 0 spiro atoms. The third-order valence-corrected chi connectivity index (χ3v) is 20.5. The summed E-state index contributed by atoms with van der Waals surface area (Å²) >= 11 is 0. The van der Waals surface area contributed by atoms with Crippen LogP contribution in [-0.4, -0.2) is 96.7 Å². The van der Waals surface area contributed by atoms with Crippen molar-refractivity contribution in [3.63, 3.8) is 0 Å². The van der Waals surface area contributed by atoms with Gasteiger partial charge in [-0.1, -0.05) is 356 Å². The standard InChI is InChI=1S/C78H152O17P2/c1-7-10-12-14-16-18-20-24-31-38-44-50-56-62-77(82)94-73(66-88-75(80)60-54-48-42-36-30-21-19-17-15-13-11-8-2)68-92-96(84,85)90-64-72(79)65-91-97(86,87)93-69-74(67-89-76(81)61-55-49-43-37-33-27-28-34-40-46-52-58-70(4)5)95-78(83)63-57-51-45-39-32-26-23-22-25-29-35-41-47-53-59-71(6)9-3/h70-74,79H,7-69H2,1-6H3,(H,84,85)(H,86,87)/t71?,72-,73+,74+/m0/s1. The number of carbonyl (C=O) groups is 4. The van der Waals surface area contributed by atoms with Gasteiger partial charge in [-0.2, -0.15) is 0 Å². The van der Waals surface area contributed by atoms with E-state index in [9.17, 15) is 43.2 Å². The van der Waals surface area contributed by atoms with E-state index in [4.69, 9.17) is 37.0 Å². The van der Waals surface area contributed by atoms with Gasteiger partial charge in [-0.3, -0.25) is 37.3 Å². The van der Waals surface area contributed by atoms with E-state index in [0.29, 0.717) is 25.7 Å². The van der Waals surface area contributed by atoms with Crippen LogP contribution in [0.1, 0.15) is 408 Å². The zero-order chi connectivity index (χ0) is 71.4. The molecule has 3 unspecified atom stereocenters. The lowest BCUT2D eigenvalue weighted by molar-refractivity contribution is -0.161. The Kier molecular flexibility index (Phi) is 68.4. The molecule has 97 heavy (non-hydrogen) atoms. The van der Waals surface area contributed by atoms with E-state index in [1.807, 2.05) is 0 Å². The Hall–Kier alpha value is -1.94. The molecule has 0 aliphatic rings. The Labute approximate surface area is 594 Å². The van der Waals surface area contributed by atoms with Crippen molar-refractivity contribution >= 4 is 39.5 Å². The number of rotatable bonds is 77. The Morgan fingerprint density at radius 1 is 0.299 bits per heavy atom. The highest BCUT2D eigenvalue weighted by Gasteiger charge is 2.30. The monoisotopic (exact) mass is 1420 g/mol. The predicted molar refractivity (Wildman–Crippen MR) is 395 cm³/mol. The zero-order valence-corrected chi connectivity index (χ0v) is 65.2. The van der Waals surface area contributed by atoms with E-state index in [1.54, 1.807) is 0 Å².